The molecule has 3 atom stereocenters. The van der Waals surface area contributed by atoms with Crippen molar-refractivity contribution in [2.75, 3.05) is 6.26 Å². The van der Waals surface area contributed by atoms with E-state index < -0.39 is 37.8 Å². The van der Waals surface area contributed by atoms with Crippen molar-refractivity contribution in [1.82, 2.24) is 4.31 Å². The lowest BCUT2D eigenvalue weighted by atomic mass is 9.89. The van der Waals surface area contributed by atoms with Crippen molar-refractivity contribution in [2.45, 2.75) is 55.0 Å². The second-order valence-corrected chi connectivity index (χ2v) is 10.8. The van der Waals surface area contributed by atoms with Crippen LogP contribution in [0.3, 0.4) is 0 Å². The topological polar surface area (TPSA) is 109 Å². The molecule has 25 heavy (non-hydrogen) atoms. The first-order valence-corrected chi connectivity index (χ1v) is 11.4. The lowest BCUT2D eigenvalue weighted by Crippen LogP contribution is -2.38. The molecule has 2 aliphatic heterocycles. The predicted molar refractivity (Wildman–Crippen MR) is 90.6 cm³/mol. The molecule has 0 aliphatic carbocycles. The van der Waals surface area contributed by atoms with Crippen LogP contribution < -0.4 is 0 Å². The summed E-state index contributed by atoms with van der Waals surface area (Å²) in [5, 5.41) is 9.34. The van der Waals surface area contributed by atoms with Crippen LogP contribution in [0.4, 0.5) is 0 Å². The van der Waals surface area contributed by atoms with Crippen LogP contribution in [0.1, 0.15) is 30.4 Å². The number of aryl methyl sites for hydroxylation is 1. The van der Waals surface area contributed by atoms with E-state index in [0.717, 1.165) is 6.26 Å². The van der Waals surface area contributed by atoms with Crippen molar-refractivity contribution in [3.63, 3.8) is 0 Å². The van der Waals surface area contributed by atoms with Gasteiger partial charge in [-0.1, -0.05) is 0 Å². The Kier molecular flexibility index (Phi) is 4.24. The van der Waals surface area contributed by atoms with Crippen molar-refractivity contribution in [3.8, 4) is 0 Å². The molecule has 2 heterocycles. The van der Waals surface area contributed by atoms with Gasteiger partial charge in [-0.15, -0.1) is 0 Å². The summed E-state index contributed by atoms with van der Waals surface area (Å²) < 4.78 is 51.8. The molecule has 0 aromatic heterocycles. The van der Waals surface area contributed by atoms with Crippen molar-refractivity contribution in [1.29, 1.82) is 0 Å². The number of aliphatic carboxylic acids is 1. The summed E-state index contributed by atoms with van der Waals surface area (Å²) in [7, 11) is -7.55. The monoisotopic (exact) mass is 387 g/mol. The van der Waals surface area contributed by atoms with Crippen LogP contribution in [0.5, 0.6) is 0 Å². The van der Waals surface area contributed by atoms with Crippen LogP contribution >= 0.6 is 0 Å². The van der Waals surface area contributed by atoms with Gasteiger partial charge in [0.05, 0.1) is 15.7 Å². The van der Waals surface area contributed by atoms with Gasteiger partial charge in [-0.25, -0.2) is 16.8 Å². The van der Waals surface area contributed by atoms with Gasteiger partial charge in [0.15, 0.2) is 9.84 Å². The van der Waals surface area contributed by atoms with Crippen LogP contribution in [0.15, 0.2) is 21.9 Å². The number of rotatable bonds is 4. The zero-order valence-corrected chi connectivity index (χ0v) is 15.9. The molecule has 3 unspecified atom stereocenters. The molecule has 2 saturated heterocycles. The minimum atomic E-state index is -3.97. The molecular weight excluding hydrogens is 366 g/mol. The van der Waals surface area contributed by atoms with Gasteiger partial charge in [-0.2, -0.15) is 4.31 Å². The highest BCUT2D eigenvalue weighted by Gasteiger charge is 2.54. The standard InChI is InChI=1S/C16H21NO6S2/c1-9-6-14(24(3,20)21)10(2)15(7-9)25(22,23)17-11-4-5-13(17)12(8-11)16(18)19/h6-7,11-13H,4-5,8H2,1-3H3,(H,18,19). The molecule has 7 nitrogen and oxygen atoms in total. The number of carboxylic acid groups (broad SMARTS) is 1. The number of benzene rings is 1. The second-order valence-electron chi connectivity index (χ2n) is 6.97. The number of nitrogens with zero attached hydrogens (tertiary/aromatic N) is 1. The van der Waals surface area contributed by atoms with E-state index in [9.17, 15) is 26.7 Å². The number of sulfone groups is 1. The Morgan fingerprint density at radius 2 is 1.72 bits per heavy atom. The van der Waals surface area contributed by atoms with Gasteiger partial charge in [-0.05, 0) is 56.4 Å². The van der Waals surface area contributed by atoms with Gasteiger partial charge in [0.25, 0.3) is 0 Å². The summed E-state index contributed by atoms with van der Waals surface area (Å²) in [6.07, 6.45) is 2.51. The van der Waals surface area contributed by atoms with Crippen molar-refractivity contribution in [3.05, 3.63) is 23.3 Å². The number of carbonyl (C=O) groups is 1. The van der Waals surface area contributed by atoms with Crippen LogP contribution in [0, 0.1) is 19.8 Å². The van der Waals surface area contributed by atoms with Gasteiger partial charge < -0.3 is 5.11 Å². The van der Waals surface area contributed by atoms with E-state index in [4.69, 9.17) is 0 Å². The Bertz CT molecular complexity index is 951. The molecule has 1 aromatic rings. The van der Waals surface area contributed by atoms with Gasteiger partial charge in [0, 0.05) is 18.3 Å². The van der Waals surface area contributed by atoms with E-state index in [1.807, 2.05) is 0 Å². The Morgan fingerprint density at radius 1 is 1.12 bits per heavy atom. The second kappa shape index (κ2) is 5.78. The fourth-order valence-corrected chi connectivity index (χ4v) is 7.52. The van der Waals surface area contributed by atoms with Gasteiger partial charge >= 0.3 is 5.97 Å². The largest absolute Gasteiger partial charge is 0.481 e. The zero-order valence-electron chi connectivity index (χ0n) is 14.3. The molecule has 0 saturated carbocycles. The number of carboxylic acids is 1. The molecule has 2 fully saturated rings. The normalized spacial score (nSPS) is 26.9. The number of sulfonamides is 1. The Balaban J connectivity index is 2.14. The molecule has 2 bridgehead atoms. The molecular formula is C16H21NO6S2. The fourth-order valence-electron chi connectivity index (χ4n) is 4.14. The average molecular weight is 387 g/mol. The highest BCUT2D eigenvalue weighted by Crippen LogP contribution is 2.45. The lowest BCUT2D eigenvalue weighted by Gasteiger charge is -2.24. The summed E-state index contributed by atoms with van der Waals surface area (Å²) >= 11 is 0. The quantitative estimate of drug-likeness (QED) is 0.835. The summed E-state index contributed by atoms with van der Waals surface area (Å²) in [6, 6.07) is 2.03. The summed E-state index contributed by atoms with van der Waals surface area (Å²) in [5.41, 5.74) is 0.720. The van der Waals surface area contributed by atoms with Crippen LogP contribution in [-0.2, 0) is 24.7 Å². The third kappa shape index (κ3) is 2.88. The zero-order chi connectivity index (χ0) is 18.7. The third-order valence-electron chi connectivity index (χ3n) is 5.20. The number of hydrogen-bond donors (Lipinski definition) is 1. The SMILES string of the molecule is Cc1cc(S(C)(=O)=O)c(C)c(S(=O)(=O)N2C3CCC2C(C(=O)O)C3)c1. The van der Waals surface area contributed by atoms with Crippen LogP contribution in [-0.4, -0.2) is 50.6 Å². The van der Waals surface area contributed by atoms with Crippen LogP contribution in [0.2, 0.25) is 0 Å². The molecule has 3 rings (SSSR count). The first-order valence-electron chi connectivity index (χ1n) is 8.02. The lowest BCUT2D eigenvalue weighted by molar-refractivity contribution is -0.142. The maximum atomic E-state index is 13.3. The van der Waals surface area contributed by atoms with Gasteiger partial charge in [0.1, 0.15) is 0 Å². The molecule has 138 valence electrons. The summed E-state index contributed by atoms with van der Waals surface area (Å²) in [6.45, 7) is 3.13. The van der Waals surface area contributed by atoms with E-state index in [-0.39, 0.29) is 21.4 Å². The van der Waals surface area contributed by atoms with E-state index in [1.54, 1.807) is 6.92 Å². The Hall–Kier alpha value is -1.45. The smallest absolute Gasteiger partial charge is 0.308 e. The van der Waals surface area contributed by atoms with E-state index >= 15 is 0 Å². The highest BCUT2D eigenvalue weighted by molar-refractivity contribution is 7.91. The van der Waals surface area contributed by atoms with E-state index in [0.29, 0.717) is 24.8 Å². The first kappa shape index (κ1) is 18.3. The molecule has 2 aliphatic rings. The minimum absolute atomic E-state index is 0.00703. The molecule has 9 heteroatoms. The van der Waals surface area contributed by atoms with Crippen molar-refractivity contribution in [2.24, 2.45) is 5.92 Å². The molecule has 0 spiro atoms. The molecule has 0 amide bonds. The number of fused-ring (bicyclic) bond motifs is 2. The first-order chi connectivity index (χ1) is 11.4. The summed E-state index contributed by atoms with van der Waals surface area (Å²) in [5.74, 6) is -1.68. The highest BCUT2D eigenvalue weighted by atomic mass is 32.2. The Labute approximate surface area is 147 Å². The molecule has 0 radical (unpaired) electrons. The van der Waals surface area contributed by atoms with E-state index in [1.165, 1.54) is 23.4 Å². The maximum Gasteiger partial charge on any atom is 0.308 e. The predicted octanol–water partition coefficient (Wildman–Crippen LogP) is 1.33. The van der Waals surface area contributed by atoms with Gasteiger partial charge in [0.2, 0.25) is 10.0 Å². The average Bonchev–Trinajstić information content (AvgIpc) is 3.06. The third-order valence-corrected chi connectivity index (χ3v) is 8.53. The van der Waals surface area contributed by atoms with E-state index in [2.05, 4.69) is 0 Å². The minimum Gasteiger partial charge on any atom is -0.481 e. The van der Waals surface area contributed by atoms with Gasteiger partial charge in [-0.3, -0.25) is 4.79 Å². The van der Waals surface area contributed by atoms with Crippen molar-refractivity contribution < 1.29 is 26.7 Å². The molecule has 1 N–H and O–H groups in total. The molecule has 1 aromatic carbocycles. The summed E-state index contributed by atoms with van der Waals surface area (Å²) in [4.78, 5) is 11.4. The Morgan fingerprint density at radius 3 is 2.24 bits per heavy atom. The fraction of sp³-hybridized carbons (Fsp3) is 0.562. The number of hydrogen-bond acceptors (Lipinski definition) is 5. The van der Waals surface area contributed by atoms with Crippen LogP contribution in [0.25, 0.3) is 0 Å². The van der Waals surface area contributed by atoms with Crippen molar-refractivity contribution >= 4 is 25.8 Å². The maximum absolute atomic E-state index is 13.3.